The molecular formula is C57H66N6O7S2. The zero-order chi connectivity index (χ0) is 50.4. The van der Waals surface area contributed by atoms with Crippen molar-refractivity contribution >= 4 is 80.1 Å². The number of carboxylic acid groups (broad SMARTS) is 1. The number of carbonyl (C=O) groups is 4. The number of nitrogens with one attached hydrogen (secondary N) is 2. The summed E-state index contributed by atoms with van der Waals surface area (Å²) in [5.41, 5.74) is 7.26. The molecule has 4 atom stereocenters. The van der Waals surface area contributed by atoms with Crippen molar-refractivity contribution in [3.8, 4) is 0 Å². The van der Waals surface area contributed by atoms with Crippen molar-refractivity contribution in [2.75, 3.05) is 83.6 Å². The number of Topliss-reactive ketones (excluding diaryl/α,β-unsaturated/α-hetero) is 1. The lowest BCUT2D eigenvalue weighted by Gasteiger charge is -2.39. The Bertz CT molecular complexity index is 2610. The number of aliphatic carboxylic acids is 1. The van der Waals surface area contributed by atoms with Crippen molar-refractivity contribution in [1.29, 1.82) is 0 Å². The fourth-order valence-electron chi connectivity index (χ4n) is 12.2. The molecule has 6 aliphatic rings. The van der Waals surface area contributed by atoms with E-state index in [1.54, 1.807) is 28.5 Å². The second-order valence-corrected chi connectivity index (χ2v) is 23.5. The van der Waals surface area contributed by atoms with E-state index in [9.17, 15) is 24.3 Å². The van der Waals surface area contributed by atoms with Crippen molar-refractivity contribution in [3.05, 3.63) is 130 Å². The predicted octanol–water partition coefficient (Wildman–Crippen LogP) is 8.91. The van der Waals surface area contributed by atoms with Gasteiger partial charge in [0.25, 0.3) is 11.8 Å². The van der Waals surface area contributed by atoms with E-state index in [4.69, 9.17) is 9.47 Å². The third-order valence-corrected chi connectivity index (χ3v) is 18.5. The third-order valence-electron chi connectivity index (χ3n) is 16.1. The summed E-state index contributed by atoms with van der Waals surface area (Å²) in [6.07, 6.45) is 12.0. The fourth-order valence-corrected chi connectivity index (χ4v) is 14.0. The van der Waals surface area contributed by atoms with Gasteiger partial charge in [0.05, 0.1) is 19.3 Å². The lowest BCUT2D eigenvalue weighted by molar-refractivity contribution is -0.138. The van der Waals surface area contributed by atoms with Gasteiger partial charge in [0, 0.05) is 95.5 Å². The maximum atomic E-state index is 13.5. The number of benzene rings is 4. The van der Waals surface area contributed by atoms with Crippen LogP contribution in [0.5, 0.6) is 0 Å². The molecule has 15 heteroatoms. The summed E-state index contributed by atoms with van der Waals surface area (Å²) in [6.45, 7) is 15.8. The molecule has 6 aliphatic heterocycles. The van der Waals surface area contributed by atoms with E-state index in [1.165, 1.54) is 0 Å². The molecule has 0 aliphatic carbocycles. The second-order valence-electron chi connectivity index (χ2n) is 20.8. The number of fused-ring (bicyclic) bond motifs is 6. The van der Waals surface area contributed by atoms with E-state index < -0.39 is 34.3 Å². The Balaban J connectivity index is 0.684. The largest absolute Gasteiger partial charge is 0.480 e. The van der Waals surface area contributed by atoms with Gasteiger partial charge < -0.3 is 44.8 Å². The Morgan fingerprint density at radius 1 is 0.625 bits per heavy atom. The van der Waals surface area contributed by atoms with E-state index in [0.717, 1.165) is 102 Å². The molecule has 4 fully saturated rings. The van der Waals surface area contributed by atoms with E-state index in [0.29, 0.717) is 43.9 Å². The summed E-state index contributed by atoms with van der Waals surface area (Å²) in [7, 11) is 3.34. The number of anilines is 4. The highest BCUT2D eigenvalue weighted by molar-refractivity contribution is 8.76. The van der Waals surface area contributed by atoms with Crippen molar-refractivity contribution in [2.24, 2.45) is 0 Å². The van der Waals surface area contributed by atoms with Gasteiger partial charge in [-0.25, -0.2) is 4.79 Å². The molecule has 72 heavy (non-hydrogen) atoms. The molecule has 4 aromatic carbocycles. The van der Waals surface area contributed by atoms with Gasteiger partial charge in [0.2, 0.25) is 0 Å². The number of ether oxygens (including phenoxy) is 2. The smallest absolute Gasteiger partial charge is 0.326 e. The highest BCUT2D eigenvalue weighted by atomic mass is 33.1. The molecule has 0 spiro atoms. The number of carbonyl (C=O) groups excluding carboxylic acids is 3. The number of nitrogens with zero attached hydrogens (tertiary/aromatic N) is 4. The molecule has 0 aromatic heterocycles. The van der Waals surface area contributed by atoms with E-state index in [2.05, 4.69) is 108 Å². The highest BCUT2D eigenvalue weighted by Crippen LogP contribution is 2.57. The monoisotopic (exact) mass is 1010 g/mol. The summed E-state index contributed by atoms with van der Waals surface area (Å²) in [4.78, 5) is 59.8. The summed E-state index contributed by atoms with van der Waals surface area (Å²) in [5, 5.41) is 15.9. The molecule has 4 aromatic rings. The molecule has 4 unspecified atom stereocenters. The van der Waals surface area contributed by atoms with Crippen LogP contribution in [0, 0.1) is 0 Å². The molecule has 0 bridgehead atoms. The van der Waals surface area contributed by atoms with E-state index in [-0.39, 0.29) is 23.6 Å². The molecule has 10 rings (SSSR count). The molecule has 2 amide bonds. The van der Waals surface area contributed by atoms with Crippen LogP contribution in [0.2, 0.25) is 0 Å². The van der Waals surface area contributed by atoms with Crippen LogP contribution in [-0.2, 0) is 29.9 Å². The second kappa shape index (κ2) is 19.9. The SMILES string of the molecule is CC(=O)C1CCCN1c1ccc(/C=C/C23OCCN2c2ccc(C(=O)NCCSSCCNC(=O)c4ccc5c(c4)C(C)(C)C4(/C=C/c6ccc(N7CCCC7C(=O)O)cc6)OCCN54)cc2C3(C)C)cc1. The zero-order valence-electron chi connectivity index (χ0n) is 41.9. The Hall–Kier alpha value is -5.74. The van der Waals surface area contributed by atoms with Crippen molar-refractivity contribution in [3.63, 3.8) is 0 Å². The molecule has 4 saturated heterocycles. The molecule has 0 radical (unpaired) electrons. The molecule has 0 saturated carbocycles. The Kier molecular flexibility index (Phi) is 13.8. The Labute approximate surface area is 431 Å². The van der Waals surface area contributed by atoms with Crippen LogP contribution in [0.4, 0.5) is 22.7 Å². The molecule has 378 valence electrons. The van der Waals surface area contributed by atoms with Crippen LogP contribution < -0.4 is 30.2 Å². The first-order valence-corrected chi connectivity index (χ1v) is 27.9. The van der Waals surface area contributed by atoms with Crippen molar-refractivity contribution in [2.45, 2.75) is 94.7 Å². The van der Waals surface area contributed by atoms with E-state index in [1.807, 2.05) is 59.5 Å². The first kappa shape index (κ1) is 49.8. The standard InChI is InChI=1S/C57H66N6O7S2/c1-38(64)47-8-6-28-60(47)43-16-10-39(11-17-43)22-24-56-54(2,3)45-36-41(14-20-48(45)62(56)30-32-69-56)51(65)58-26-34-71-72-35-27-59-52(66)42-15-21-49-46(37-42)55(4,5)57(63(49)31-33-70-57)25-23-40-12-18-44(19-13-40)61-29-7-9-50(61)53(67)68/h10-25,36-37,47,50H,6-9,26-35H2,1-5H3,(H,58,65)(H,59,66)(H,67,68)/b24-22+,25-23+. The third kappa shape index (κ3) is 8.77. The zero-order valence-corrected chi connectivity index (χ0v) is 43.6. The van der Waals surface area contributed by atoms with Crippen LogP contribution in [0.3, 0.4) is 0 Å². The number of carboxylic acids is 1. The molecule has 13 nitrogen and oxygen atoms in total. The average molecular weight is 1010 g/mol. The maximum absolute atomic E-state index is 13.5. The van der Waals surface area contributed by atoms with Gasteiger partial charge in [0.15, 0.2) is 17.2 Å². The number of hydrogen-bond donors (Lipinski definition) is 3. The van der Waals surface area contributed by atoms with Gasteiger partial charge in [-0.3, -0.25) is 14.4 Å². The normalized spacial score (nSPS) is 24.5. The Morgan fingerprint density at radius 3 is 1.49 bits per heavy atom. The van der Waals surface area contributed by atoms with Crippen LogP contribution in [0.15, 0.2) is 97.1 Å². The van der Waals surface area contributed by atoms with Crippen LogP contribution >= 0.6 is 21.6 Å². The predicted molar refractivity (Wildman–Crippen MR) is 291 cm³/mol. The van der Waals surface area contributed by atoms with Gasteiger partial charge in [0.1, 0.15) is 6.04 Å². The molecule has 6 heterocycles. The van der Waals surface area contributed by atoms with Gasteiger partial charge in [-0.2, -0.15) is 0 Å². The number of amides is 2. The maximum Gasteiger partial charge on any atom is 0.326 e. The minimum Gasteiger partial charge on any atom is -0.480 e. The number of ketones is 1. The summed E-state index contributed by atoms with van der Waals surface area (Å²) < 4.78 is 13.2. The first-order valence-electron chi connectivity index (χ1n) is 25.4. The fraction of sp³-hybridized carbons (Fsp3) is 0.439. The lowest BCUT2D eigenvalue weighted by atomic mass is 9.77. The average Bonchev–Trinajstić information content (AvgIpc) is 4.25. The summed E-state index contributed by atoms with van der Waals surface area (Å²) in [5.74, 6) is 0.650. The molecule has 3 N–H and O–H groups in total. The number of rotatable bonds is 17. The highest BCUT2D eigenvalue weighted by Gasteiger charge is 2.60. The van der Waals surface area contributed by atoms with Crippen molar-refractivity contribution < 1.29 is 33.8 Å². The van der Waals surface area contributed by atoms with Gasteiger partial charge >= 0.3 is 5.97 Å². The topological polar surface area (TPSA) is 144 Å². The van der Waals surface area contributed by atoms with Crippen LogP contribution in [0.25, 0.3) is 12.2 Å². The van der Waals surface area contributed by atoms with Crippen LogP contribution in [-0.4, -0.2) is 116 Å². The number of hydrogen-bond acceptors (Lipinski definition) is 12. The summed E-state index contributed by atoms with van der Waals surface area (Å²) >= 11 is 0. The molecular weight excluding hydrogens is 945 g/mol. The minimum atomic E-state index is -0.779. The van der Waals surface area contributed by atoms with Gasteiger partial charge in [-0.1, -0.05) is 85.7 Å². The lowest BCUT2D eigenvalue weighted by Crippen LogP contribution is -2.51. The van der Waals surface area contributed by atoms with E-state index >= 15 is 0 Å². The minimum absolute atomic E-state index is 0.0398. The van der Waals surface area contributed by atoms with Gasteiger partial charge in [-0.05, 0) is 128 Å². The Morgan fingerprint density at radius 2 is 1.06 bits per heavy atom. The summed E-state index contributed by atoms with van der Waals surface area (Å²) in [6, 6.07) is 27.9. The van der Waals surface area contributed by atoms with Gasteiger partial charge in [-0.15, -0.1) is 0 Å². The first-order chi connectivity index (χ1) is 34.6. The van der Waals surface area contributed by atoms with Crippen molar-refractivity contribution in [1.82, 2.24) is 10.6 Å². The quantitative estimate of drug-likeness (QED) is 0.0685. The van der Waals surface area contributed by atoms with Crippen LogP contribution in [0.1, 0.15) is 103 Å².